The zero-order chi connectivity index (χ0) is 13.1. The van der Waals surface area contributed by atoms with Gasteiger partial charge in [0.25, 0.3) is 0 Å². The molecule has 0 radical (unpaired) electrons. The molecule has 0 unspecified atom stereocenters. The van der Waals surface area contributed by atoms with Crippen molar-refractivity contribution in [1.82, 2.24) is 4.98 Å². The molecule has 0 saturated heterocycles. The summed E-state index contributed by atoms with van der Waals surface area (Å²) in [4.78, 5) is 15.4. The fraction of sp³-hybridized carbons (Fsp3) is 0. The number of H-pyrrole nitrogens is 1. The smallest absolute Gasteiger partial charge is 0.194 e. The normalized spacial score (nSPS) is 10.3. The van der Waals surface area contributed by atoms with Gasteiger partial charge >= 0.3 is 0 Å². The van der Waals surface area contributed by atoms with Gasteiger partial charge in [0.1, 0.15) is 0 Å². The Labute approximate surface area is 111 Å². The lowest BCUT2D eigenvalue weighted by molar-refractivity contribution is 0.103. The number of nitrogens with one attached hydrogen (secondary N) is 1. The summed E-state index contributed by atoms with van der Waals surface area (Å²) in [5, 5.41) is 0. The molecule has 2 aromatic carbocycles. The minimum atomic E-state index is 0.0408. The quantitative estimate of drug-likeness (QED) is 0.699. The maximum atomic E-state index is 12.3. The first-order valence-corrected chi connectivity index (χ1v) is 6.18. The lowest BCUT2D eigenvalue weighted by atomic mass is 10.1. The zero-order valence-corrected chi connectivity index (χ0v) is 10.3. The van der Waals surface area contributed by atoms with E-state index in [1.807, 2.05) is 66.7 Å². The molecule has 92 valence electrons. The number of hydrogen-bond donors (Lipinski definition) is 1. The van der Waals surface area contributed by atoms with E-state index in [4.69, 9.17) is 0 Å². The van der Waals surface area contributed by atoms with Crippen molar-refractivity contribution in [3.63, 3.8) is 0 Å². The van der Waals surface area contributed by atoms with Gasteiger partial charge in [-0.1, -0.05) is 60.7 Å². The second-order valence-corrected chi connectivity index (χ2v) is 4.36. The molecule has 19 heavy (non-hydrogen) atoms. The fourth-order valence-corrected chi connectivity index (χ4v) is 2.07. The van der Waals surface area contributed by atoms with Crippen LogP contribution in [-0.4, -0.2) is 10.8 Å². The van der Waals surface area contributed by atoms with E-state index < -0.39 is 0 Å². The van der Waals surface area contributed by atoms with Gasteiger partial charge in [-0.15, -0.1) is 0 Å². The Morgan fingerprint density at radius 1 is 0.789 bits per heavy atom. The van der Waals surface area contributed by atoms with Gasteiger partial charge in [0, 0.05) is 23.0 Å². The molecule has 0 spiro atoms. The van der Waals surface area contributed by atoms with Gasteiger partial charge in [-0.05, 0) is 11.6 Å². The highest BCUT2D eigenvalue weighted by molar-refractivity contribution is 6.09. The number of carbonyl (C=O) groups is 1. The third-order valence-corrected chi connectivity index (χ3v) is 3.07. The van der Waals surface area contributed by atoms with E-state index in [1.54, 1.807) is 6.20 Å². The molecular formula is C17H13NO. The molecular weight excluding hydrogens is 234 g/mol. The van der Waals surface area contributed by atoms with Crippen molar-refractivity contribution in [2.24, 2.45) is 0 Å². The minimum absolute atomic E-state index is 0.0408. The third kappa shape index (κ3) is 2.33. The van der Waals surface area contributed by atoms with Crippen LogP contribution >= 0.6 is 0 Å². The van der Waals surface area contributed by atoms with Crippen LogP contribution in [0.1, 0.15) is 15.9 Å². The Kier molecular flexibility index (Phi) is 2.99. The van der Waals surface area contributed by atoms with Crippen molar-refractivity contribution in [2.45, 2.75) is 0 Å². The SMILES string of the molecule is O=C(c1ccccc1)c1c[nH]c(-c2ccccc2)c1. The van der Waals surface area contributed by atoms with Crippen molar-refractivity contribution < 1.29 is 4.79 Å². The average Bonchev–Trinajstić information content (AvgIpc) is 2.98. The molecule has 0 aliphatic heterocycles. The molecule has 1 heterocycles. The molecule has 1 aromatic heterocycles. The Bertz CT molecular complexity index is 684. The predicted molar refractivity (Wildman–Crippen MR) is 76.1 cm³/mol. The van der Waals surface area contributed by atoms with Crippen LogP contribution in [0.25, 0.3) is 11.3 Å². The summed E-state index contributed by atoms with van der Waals surface area (Å²) in [5.41, 5.74) is 3.43. The van der Waals surface area contributed by atoms with Crippen LogP contribution in [0.5, 0.6) is 0 Å². The molecule has 3 rings (SSSR count). The molecule has 0 saturated carbocycles. The van der Waals surface area contributed by atoms with Crippen LogP contribution in [-0.2, 0) is 0 Å². The lowest BCUT2D eigenvalue weighted by Crippen LogP contribution is -1.98. The van der Waals surface area contributed by atoms with Crippen molar-refractivity contribution in [3.8, 4) is 11.3 Å². The van der Waals surface area contributed by atoms with Crippen molar-refractivity contribution in [3.05, 3.63) is 84.1 Å². The highest BCUT2D eigenvalue weighted by Gasteiger charge is 2.11. The van der Waals surface area contributed by atoms with E-state index >= 15 is 0 Å². The molecule has 2 nitrogen and oxygen atoms in total. The first-order chi connectivity index (χ1) is 9.34. The number of ketones is 1. The molecule has 0 amide bonds. The number of hydrogen-bond acceptors (Lipinski definition) is 1. The average molecular weight is 247 g/mol. The summed E-state index contributed by atoms with van der Waals surface area (Å²) in [7, 11) is 0. The maximum absolute atomic E-state index is 12.3. The second kappa shape index (κ2) is 4.94. The Balaban J connectivity index is 1.92. The van der Waals surface area contributed by atoms with E-state index in [-0.39, 0.29) is 5.78 Å². The third-order valence-electron chi connectivity index (χ3n) is 3.07. The van der Waals surface area contributed by atoms with Gasteiger partial charge in [-0.2, -0.15) is 0 Å². The Morgan fingerprint density at radius 3 is 2.11 bits per heavy atom. The first-order valence-electron chi connectivity index (χ1n) is 6.18. The number of aromatic amines is 1. The van der Waals surface area contributed by atoms with Crippen LogP contribution in [0, 0.1) is 0 Å². The maximum Gasteiger partial charge on any atom is 0.194 e. The van der Waals surface area contributed by atoms with Gasteiger partial charge in [0.15, 0.2) is 5.78 Å². The number of carbonyl (C=O) groups excluding carboxylic acids is 1. The molecule has 1 N–H and O–H groups in total. The molecule has 0 aliphatic rings. The largest absolute Gasteiger partial charge is 0.360 e. The summed E-state index contributed by atoms with van der Waals surface area (Å²) in [6.07, 6.45) is 1.76. The zero-order valence-electron chi connectivity index (χ0n) is 10.3. The van der Waals surface area contributed by atoms with Crippen LogP contribution in [0.2, 0.25) is 0 Å². The van der Waals surface area contributed by atoms with Crippen LogP contribution in [0.3, 0.4) is 0 Å². The van der Waals surface area contributed by atoms with E-state index in [1.165, 1.54) is 0 Å². The number of aromatic nitrogens is 1. The van der Waals surface area contributed by atoms with E-state index in [0.29, 0.717) is 11.1 Å². The van der Waals surface area contributed by atoms with Crippen LogP contribution in [0.15, 0.2) is 72.9 Å². The summed E-state index contributed by atoms with van der Waals surface area (Å²) in [6.45, 7) is 0. The van der Waals surface area contributed by atoms with E-state index in [9.17, 15) is 4.79 Å². The standard InChI is InChI=1S/C17H13NO/c19-17(14-9-5-2-6-10-14)15-11-16(18-12-15)13-7-3-1-4-8-13/h1-12,18H. The highest BCUT2D eigenvalue weighted by Crippen LogP contribution is 2.20. The van der Waals surface area contributed by atoms with E-state index in [2.05, 4.69) is 4.98 Å². The summed E-state index contributed by atoms with van der Waals surface area (Å²) < 4.78 is 0. The summed E-state index contributed by atoms with van der Waals surface area (Å²) in [6, 6.07) is 21.2. The highest BCUT2D eigenvalue weighted by atomic mass is 16.1. The monoisotopic (exact) mass is 247 g/mol. The minimum Gasteiger partial charge on any atom is -0.360 e. The predicted octanol–water partition coefficient (Wildman–Crippen LogP) is 3.91. The van der Waals surface area contributed by atoms with E-state index in [0.717, 1.165) is 11.3 Å². The molecule has 0 fully saturated rings. The van der Waals surface area contributed by atoms with Gasteiger partial charge in [0.2, 0.25) is 0 Å². The summed E-state index contributed by atoms with van der Waals surface area (Å²) in [5.74, 6) is 0.0408. The van der Waals surface area contributed by atoms with Crippen molar-refractivity contribution in [1.29, 1.82) is 0 Å². The molecule has 0 atom stereocenters. The number of rotatable bonds is 3. The molecule has 0 aliphatic carbocycles. The van der Waals surface area contributed by atoms with Crippen LogP contribution < -0.4 is 0 Å². The lowest BCUT2D eigenvalue weighted by Gasteiger charge is -1.97. The Hall–Kier alpha value is -2.61. The number of benzene rings is 2. The molecule has 2 heteroatoms. The second-order valence-electron chi connectivity index (χ2n) is 4.36. The van der Waals surface area contributed by atoms with Gasteiger partial charge in [-0.25, -0.2) is 0 Å². The van der Waals surface area contributed by atoms with Gasteiger partial charge in [-0.3, -0.25) is 4.79 Å². The van der Waals surface area contributed by atoms with Gasteiger partial charge in [0.05, 0.1) is 0 Å². The van der Waals surface area contributed by atoms with Crippen molar-refractivity contribution >= 4 is 5.78 Å². The molecule has 0 bridgehead atoms. The summed E-state index contributed by atoms with van der Waals surface area (Å²) >= 11 is 0. The first kappa shape index (κ1) is 11.5. The molecule has 3 aromatic rings. The van der Waals surface area contributed by atoms with Crippen molar-refractivity contribution in [2.75, 3.05) is 0 Å². The Morgan fingerprint density at radius 2 is 1.42 bits per heavy atom. The topological polar surface area (TPSA) is 32.9 Å². The fourth-order valence-electron chi connectivity index (χ4n) is 2.07. The van der Waals surface area contributed by atoms with Gasteiger partial charge < -0.3 is 4.98 Å². The van der Waals surface area contributed by atoms with Crippen LogP contribution in [0.4, 0.5) is 0 Å².